The highest BCUT2D eigenvalue weighted by molar-refractivity contribution is 8.00. The lowest BCUT2D eigenvalue weighted by molar-refractivity contribution is -0.116. The minimum atomic E-state index is -0.0495. The number of carbonyl (C=O) groups excluding carboxylic acids is 2. The van der Waals surface area contributed by atoms with Gasteiger partial charge in [-0.15, -0.1) is 0 Å². The van der Waals surface area contributed by atoms with Crippen LogP contribution < -0.4 is 20.7 Å². The number of ether oxygens (including phenoxy) is 1. The predicted molar refractivity (Wildman–Crippen MR) is 119 cm³/mol. The van der Waals surface area contributed by atoms with E-state index in [0.29, 0.717) is 35.8 Å². The summed E-state index contributed by atoms with van der Waals surface area (Å²) < 4.78 is 6.00. The van der Waals surface area contributed by atoms with Crippen molar-refractivity contribution in [1.82, 2.24) is 15.6 Å². The molecule has 3 aliphatic rings. The predicted octanol–water partition coefficient (Wildman–Crippen LogP) is 3.71. The first-order valence-electron chi connectivity index (χ1n) is 11.3. The van der Waals surface area contributed by atoms with Gasteiger partial charge in [-0.2, -0.15) is 11.8 Å². The van der Waals surface area contributed by atoms with Crippen molar-refractivity contribution in [1.29, 1.82) is 0 Å². The average molecular weight is 433 g/mol. The molecule has 3 fully saturated rings. The Hall–Kier alpha value is -1.96. The van der Waals surface area contributed by atoms with Crippen LogP contribution in [0.5, 0.6) is 5.75 Å². The molecule has 30 heavy (non-hydrogen) atoms. The molecule has 8 heteroatoms. The molecule has 164 valence electrons. The lowest BCUT2D eigenvalue weighted by atomic mass is 9.90. The zero-order valence-corrected chi connectivity index (χ0v) is 18.2. The molecular weight excluding hydrogens is 400 g/mol. The van der Waals surface area contributed by atoms with Gasteiger partial charge in [-0.1, -0.05) is 25.7 Å². The van der Waals surface area contributed by atoms with Crippen LogP contribution in [0.3, 0.4) is 0 Å². The van der Waals surface area contributed by atoms with E-state index in [9.17, 15) is 9.59 Å². The van der Waals surface area contributed by atoms with Crippen LogP contribution in [0.2, 0.25) is 0 Å². The standard InChI is InChI=1S/C22H32N4O3S/c27-19(11-5-4-10-18-20-16(14-30-18)24-22(28)26-20)25-21-17(9-6-12-23-21)29-13-15-7-2-1-3-8-15/h6,9,12,15-16,18,20H,1-5,7-8,10-11,13-14H2,(H,23,25,27)(H2,24,26,28)/t16-,18-,20-/m0/s1. The third-order valence-corrected chi connectivity index (χ3v) is 7.82. The van der Waals surface area contributed by atoms with Gasteiger partial charge in [0.25, 0.3) is 0 Å². The quantitative estimate of drug-likeness (QED) is 0.409. The summed E-state index contributed by atoms with van der Waals surface area (Å²) in [7, 11) is 0. The van der Waals surface area contributed by atoms with E-state index in [1.807, 2.05) is 23.9 Å². The second-order valence-electron chi connectivity index (χ2n) is 8.58. The SMILES string of the molecule is O=C(CCCC[C@@H]1SC[C@@H]2NC(=O)N[C@@H]21)Nc1ncccc1OCC1CCCCC1. The Labute approximate surface area is 182 Å². The van der Waals surface area contributed by atoms with Gasteiger partial charge in [-0.05, 0) is 43.7 Å². The molecule has 3 heterocycles. The number of unbranched alkanes of at least 4 members (excludes halogenated alkanes) is 1. The third kappa shape index (κ3) is 5.59. The third-order valence-electron chi connectivity index (χ3n) is 6.31. The molecule has 3 atom stereocenters. The molecule has 1 aromatic heterocycles. The summed E-state index contributed by atoms with van der Waals surface area (Å²) in [4.78, 5) is 28.2. The average Bonchev–Trinajstić information content (AvgIpc) is 3.30. The Balaban J connectivity index is 1.17. The van der Waals surface area contributed by atoms with Crippen molar-refractivity contribution in [2.75, 3.05) is 17.7 Å². The lowest BCUT2D eigenvalue weighted by Gasteiger charge is -2.22. The molecule has 1 saturated carbocycles. The number of aromatic nitrogens is 1. The van der Waals surface area contributed by atoms with Crippen molar-refractivity contribution in [3.05, 3.63) is 18.3 Å². The zero-order chi connectivity index (χ0) is 20.8. The maximum Gasteiger partial charge on any atom is 0.315 e. The van der Waals surface area contributed by atoms with Crippen LogP contribution in [0.25, 0.3) is 0 Å². The van der Waals surface area contributed by atoms with E-state index in [-0.39, 0.29) is 24.0 Å². The minimum Gasteiger partial charge on any atom is -0.489 e. The molecule has 0 unspecified atom stereocenters. The summed E-state index contributed by atoms with van der Waals surface area (Å²) in [6.45, 7) is 0.696. The molecule has 0 radical (unpaired) electrons. The molecule has 0 bridgehead atoms. The summed E-state index contributed by atoms with van der Waals surface area (Å²) in [5.74, 6) is 2.73. The number of fused-ring (bicyclic) bond motifs is 1. The van der Waals surface area contributed by atoms with Crippen molar-refractivity contribution in [2.45, 2.75) is 75.1 Å². The summed E-state index contributed by atoms with van der Waals surface area (Å²) in [6, 6.07) is 4.16. The highest BCUT2D eigenvalue weighted by Crippen LogP contribution is 2.33. The van der Waals surface area contributed by atoms with Gasteiger partial charge in [0.05, 0.1) is 18.7 Å². The number of hydrogen-bond donors (Lipinski definition) is 3. The van der Waals surface area contributed by atoms with Crippen molar-refractivity contribution in [3.63, 3.8) is 0 Å². The molecule has 0 spiro atoms. The first-order valence-corrected chi connectivity index (χ1v) is 12.3. The van der Waals surface area contributed by atoms with Crippen LogP contribution in [0.15, 0.2) is 18.3 Å². The summed E-state index contributed by atoms with van der Waals surface area (Å²) in [6.07, 6.45) is 11.3. The fraction of sp³-hybridized carbons (Fsp3) is 0.682. The second kappa shape index (κ2) is 10.4. The van der Waals surface area contributed by atoms with E-state index in [0.717, 1.165) is 25.0 Å². The van der Waals surface area contributed by atoms with E-state index in [1.54, 1.807) is 6.20 Å². The number of nitrogens with one attached hydrogen (secondary N) is 3. The van der Waals surface area contributed by atoms with Crippen LogP contribution in [-0.2, 0) is 4.79 Å². The molecule has 3 N–H and O–H groups in total. The lowest BCUT2D eigenvalue weighted by Crippen LogP contribution is -2.36. The topological polar surface area (TPSA) is 92.4 Å². The number of pyridine rings is 1. The summed E-state index contributed by atoms with van der Waals surface area (Å²) in [5.41, 5.74) is 0. The molecule has 2 saturated heterocycles. The van der Waals surface area contributed by atoms with Gasteiger partial charge < -0.3 is 20.7 Å². The normalized spacial score (nSPS) is 26.0. The first kappa shape index (κ1) is 21.3. The fourth-order valence-corrected chi connectivity index (χ4v) is 6.17. The van der Waals surface area contributed by atoms with Gasteiger partial charge in [-0.3, -0.25) is 4.79 Å². The number of hydrogen-bond acceptors (Lipinski definition) is 5. The molecule has 1 aliphatic carbocycles. The van der Waals surface area contributed by atoms with Crippen LogP contribution in [-0.4, -0.2) is 46.6 Å². The highest BCUT2D eigenvalue weighted by atomic mass is 32.2. The largest absolute Gasteiger partial charge is 0.489 e. The van der Waals surface area contributed by atoms with E-state index in [1.165, 1.54) is 32.1 Å². The second-order valence-corrected chi connectivity index (χ2v) is 9.85. The van der Waals surface area contributed by atoms with Crippen molar-refractivity contribution in [3.8, 4) is 5.75 Å². The number of urea groups is 1. The molecule has 2 aliphatic heterocycles. The van der Waals surface area contributed by atoms with Crippen molar-refractivity contribution >= 4 is 29.5 Å². The van der Waals surface area contributed by atoms with E-state index >= 15 is 0 Å². The fourth-order valence-electron chi connectivity index (χ4n) is 4.63. The Morgan fingerprint density at radius 2 is 2.10 bits per heavy atom. The monoisotopic (exact) mass is 432 g/mol. The number of amides is 3. The molecule has 3 amide bonds. The number of rotatable bonds is 9. The highest BCUT2D eigenvalue weighted by Gasteiger charge is 2.42. The smallest absolute Gasteiger partial charge is 0.315 e. The number of nitrogens with zero attached hydrogens (tertiary/aromatic N) is 1. The van der Waals surface area contributed by atoms with Gasteiger partial charge in [0, 0.05) is 23.6 Å². The molecule has 7 nitrogen and oxygen atoms in total. The molecule has 0 aromatic carbocycles. The summed E-state index contributed by atoms with van der Waals surface area (Å²) in [5, 5.41) is 9.34. The van der Waals surface area contributed by atoms with Crippen LogP contribution in [0.1, 0.15) is 57.8 Å². The Kier molecular flexibility index (Phi) is 7.36. The van der Waals surface area contributed by atoms with Crippen molar-refractivity contribution < 1.29 is 14.3 Å². The Bertz CT molecular complexity index is 741. The Morgan fingerprint density at radius 1 is 1.23 bits per heavy atom. The number of carbonyl (C=O) groups is 2. The van der Waals surface area contributed by atoms with Crippen LogP contribution in [0.4, 0.5) is 10.6 Å². The van der Waals surface area contributed by atoms with E-state index in [2.05, 4.69) is 20.9 Å². The van der Waals surface area contributed by atoms with E-state index < -0.39 is 0 Å². The van der Waals surface area contributed by atoms with Gasteiger partial charge in [0.2, 0.25) is 5.91 Å². The Morgan fingerprint density at radius 3 is 2.97 bits per heavy atom. The minimum absolute atomic E-state index is 0.0241. The van der Waals surface area contributed by atoms with Crippen LogP contribution >= 0.6 is 11.8 Å². The number of thioether (sulfide) groups is 1. The molecule has 1 aromatic rings. The molecular formula is C22H32N4O3S. The van der Waals surface area contributed by atoms with Gasteiger partial charge in [-0.25, -0.2) is 9.78 Å². The first-order chi connectivity index (χ1) is 14.7. The zero-order valence-electron chi connectivity index (χ0n) is 17.4. The van der Waals surface area contributed by atoms with Gasteiger partial charge in [0.15, 0.2) is 11.6 Å². The molecule has 4 rings (SSSR count). The number of anilines is 1. The maximum absolute atomic E-state index is 12.4. The van der Waals surface area contributed by atoms with Crippen LogP contribution in [0, 0.1) is 5.92 Å². The van der Waals surface area contributed by atoms with Crippen molar-refractivity contribution in [2.24, 2.45) is 5.92 Å². The van der Waals surface area contributed by atoms with Gasteiger partial charge >= 0.3 is 6.03 Å². The maximum atomic E-state index is 12.4. The van der Waals surface area contributed by atoms with E-state index in [4.69, 9.17) is 4.74 Å². The van der Waals surface area contributed by atoms with Gasteiger partial charge in [0.1, 0.15) is 0 Å². The summed E-state index contributed by atoms with van der Waals surface area (Å²) >= 11 is 1.91.